The van der Waals surface area contributed by atoms with Crippen LogP contribution in [0.15, 0.2) is 48.5 Å². The Hall–Kier alpha value is -1.64. The highest BCUT2D eigenvalue weighted by molar-refractivity contribution is 5.81. The molecule has 1 aliphatic carbocycles. The lowest BCUT2D eigenvalue weighted by Crippen LogP contribution is -2.36. The molecule has 0 aromatic heterocycles. The van der Waals surface area contributed by atoms with Crippen LogP contribution in [0.4, 0.5) is 0 Å². The molecular weight excluding hydrogens is 260 g/mol. The van der Waals surface area contributed by atoms with Crippen LogP contribution in [0.3, 0.4) is 0 Å². The van der Waals surface area contributed by atoms with Gasteiger partial charge in [-0.05, 0) is 36.1 Å². The van der Waals surface area contributed by atoms with Gasteiger partial charge in [0.05, 0.1) is 18.6 Å². The summed E-state index contributed by atoms with van der Waals surface area (Å²) >= 11 is 0. The summed E-state index contributed by atoms with van der Waals surface area (Å²) in [4.78, 5) is 0. The van der Waals surface area contributed by atoms with Gasteiger partial charge in [-0.1, -0.05) is 48.5 Å². The Labute approximate surface area is 126 Å². The monoisotopic (exact) mass is 282 g/mol. The number of hydrogen-bond acceptors (Lipinski definition) is 2. The third-order valence-electron chi connectivity index (χ3n) is 4.28. The van der Waals surface area contributed by atoms with Crippen LogP contribution in [-0.4, -0.2) is 26.4 Å². The van der Waals surface area contributed by atoms with Crippen LogP contribution in [0.25, 0.3) is 11.1 Å². The molecule has 0 bridgehead atoms. The summed E-state index contributed by atoms with van der Waals surface area (Å²) < 4.78 is 11.7. The maximum atomic E-state index is 5.85. The molecule has 0 N–H and O–H groups in total. The second kappa shape index (κ2) is 6.00. The molecule has 0 aliphatic heterocycles. The molecule has 21 heavy (non-hydrogen) atoms. The Morgan fingerprint density at radius 3 is 1.57 bits per heavy atom. The fourth-order valence-corrected chi connectivity index (χ4v) is 3.32. The predicted octanol–water partition coefficient (Wildman–Crippen LogP) is 4.03. The van der Waals surface area contributed by atoms with Crippen molar-refractivity contribution in [2.45, 2.75) is 19.3 Å². The molecule has 0 spiro atoms. The summed E-state index contributed by atoms with van der Waals surface area (Å²) in [5, 5.41) is 0. The molecular formula is C19H22O2. The number of ether oxygens (including phenoxy) is 2. The minimum absolute atomic E-state index is 0.181. The first-order chi connectivity index (χ1) is 10.3. The van der Waals surface area contributed by atoms with Crippen molar-refractivity contribution in [1.82, 2.24) is 0 Å². The quantitative estimate of drug-likeness (QED) is 0.796. The summed E-state index contributed by atoms with van der Waals surface area (Å²) in [6.45, 7) is 6.85. The average Bonchev–Trinajstić information content (AvgIpc) is 2.82. The van der Waals surface area contributed by atoms with Gasteiger partial charge in [0.25, 0.3) is 0 Å². The molecule has 110 valence electrons. The lowest BCUT2D eigenvalue weighted by atomic mass is 9.79. The Kier molecular flexibility index (Phi) is 4.09. The van der Waals surface area contributed by atoms with Gasteiger partial charge in [-0.15, -0.1) is 0 Å². The predicted molar refractivity (Wildman–Crippen MR) is 85.6 cm³/mol. The second-order valence-electron chi connectivity index (χ2n) is 5.45. The van der Waals surface area contributed by atoms with Crippen LogP contribution < -0.4 is 0 Å². The fourth-order valence-electron chi connectivity index (χ4n) is 3.32. The van der Waals surface area contributed by atoms with Crippen molar-refractivity contribution >= 4 is 0 Å². The molecule has 0 unspecified atom stereocenters. The van der Waals surface area contributed by atoms with Gasteiger partial charge in [-0.25, -0.2) is 0 Å². The van der Waals surface area contributed by atoms with E-state index in [1.165, 1.54) is 22.3 Å². The zero-order valence-corrected chi connectivity index (χ0v) is 12.8. The molecule has 2 aromatic rings. The van der Waals surface area contributed by atoms with Crippen molar-refractivity contribution in [3.63, 3.8) is 0 Å². The summed E-state index contributed by atoms with van der Waals surface area (Å²) in [5.74, 6) is 0. The Balaban J connectivity index is 2.16. The first kappa shape index (κ1) is 14.3. The molecule has 2 aromatic carbocycles. The minimum Gasteiger partial charge on any atom is -0.380 e. The third kappa shape index (κ3) is 2.29. The van der Waals surface area contributed by atoms with E-state index in [-0.39, 0.29) is 5.41 Å². The van der Waals surface area contributed by atoms with E-state index in [1.807, 2.05) is 13.8 Å². The van der Waals surface area contributed by atoms with Gasteiger partial charge in [0.15, 0.2) is 0 Å². The van der Waals surface area contributed by atoms with E-state index in [0.717, 1.165) is 13.2 Å². The van der Waals surface area contributed by atoms with Crippen molar-refractivity contribution in [2.75, 3.05) is 26.4 Å². The zero-order valence-electron chi connectivity index (χ0n) is 12.8. The van der Waals surface area contributed by atoms with Gasteiger partial charge in [0.2, 0.25) is 0 Å². The summed E-state index contributed by atoms with van der Waals surface area (Å²) in [7, 11) is 0. The van der Waals surface area contributed by atoms with Crippen LogP contribution in [0.5, 0.6) is 0 Å². The summed E-state index contributed by atoms with van der Waals surface area (Å²) in [6, 6.07) is 17.3. The molecule has 0 saturated heterocycles. The van der Waals surface area contributed by atoms with Crippen LogP contribution >= 0.6 is 0 Å². The Morgan fingerprint density at radius 1 is 0.714 bits per heavy atom. The largest absolute Gasteiger partial charge is 0.380 e. The van der Waals surface area contributed by atoms with Crippen LogP contribution in [0, 0.1) is 0 Å². The van der Waals surface area contributed by atoms with E-state index < -0.39 is 0 Å². The van der Waals surface area contributed by atoms with Crippen molar-refractivity contribution in [2.24, 2.45) is 0 Å². The topological polar surface area (TPSA) is 18.5 Å². The molecule has 0 amide bonds. The second-order valence-corrected chi connectivity index (χ2v) is 5.45. The molecule has 0 radical (unpaired) electrons. The van der Waals surface area contributed by atoms with E-state index in [2.05, 4.69) is 48.5 Å². The number of fused-ring (bicyclic) bond motifs is 3. The van der Waals surface area contributed by atoms with E-state index in [1.54, 1.807) is 0 Å². The molecule has 1 aliphatic rings. The summed E-state index contributed by atoms with van der Waals surface area (Å²) in [6.07, 6.45) is 0. The van der Waals surface area contributed by atoms with Gasteiger partial charge in [0.1, 0.15) is 0 Å². The highest BCUT2D eigenvalue weighted by atomic mass is 16.5. The normalized spacial score (nSPS) is 14.8. The van der Waals surface area contributed by atoms with Gasteiger partial charge in [0, 0.05) is 13.2 Å². The molecule has 0 atom stereocenters. The van der Waals surface area contributed by atoms with Crippen molar-refractivity contribution in [3.8, 4) is 11.1 Å². The molecule has 0 fully saturated rings. The molecule has 3 rings (SSSR count). The Morgan fingerprint density at radius 2 is 1.14 bits per heavy atom. The lowest BCUT2D eigenvalue weighted by molar-refractivity contribution is 0.0451. The van der Waals surface area contributed by atoms with E-state index in [4.69, 9.17) is 9.47 Å². The van der Waals surface area contributed by atoms with Crippen molar-refractivity contribution in [1.29, 1.82) is 0 Å². The first-order valence-corrected chi connectivity index (χ1v) is 7.68. The van der Waals surface area contributed by atoms with E-state index in [0.29, 0.717) is 13.2 Å². The highest BCUT2D eigenvalue weighted by Gasteiger charge is 2.43. The van der Waals surface area contributed by atoms with E-state index >= 15 is 0 Å². The fraction of sp³-hybridized carbons (Fsp3) is 0.368. The SMILES string of the molecule is CCOCC1(COCC)c2ccccc2-c2ccccc21. The minimum atomic E-state index is -0.181. The average molecular weight is 282 g/mol. The molecule has 2 heteroatoms. The number of rotatable bonds is 6. The first-order valence-electron chi connectivity index (χ1n) is 7.68. The number of benzene rings is 2. The number of hydrogen-bond donors (Lipinski definition) is 0. The zero-order chi connectivity index (χ0) is 14.7. The van der Waals surface area contributed by atoms with Crippen LogP contribution in [0.1, 0.15) is 25.0 Å². The van der Waals surface area contributed by atoms with Crippen molar-refractivity contribution in [3.05, 3.63) is 59.7 Å². The maximum Gasteiger partial charge on any atom is 0.0681 e. The van der Waals surface area contributed by atoms with E-state index in [9.17, 15) is 0 Å². The molecule has 0 heterocycles. The standard InChI is InChI=1S/C19H22O2/c1-3-20-13-19(14-21-4-2)17-11-7-5-9-15(17)16-10-6-8-12-18(16)19/h5-12H,3-4,13-14H2,1-2H3. The van der Waals surface area contributed by atoms with Crippen LogP contribution in [0.2, 0.25) is 0 Å². The smallest absolute Gasteiger partial charge is 0.0681 e. The van der Waals surface area contributed by atoms with Gasteiger partial charge in [-0.3, -0.25) is 0 Å². The molecule has 0 saturated carbocycles. The Bertz CT molecular complexity index is 563. The van der Waals surface area contributed by atoms with Gasteiger partial charge >= 0.3 is 0 Å². The highest BCUT2D eigenvalue weighted by Crippen LogP contribution is 2.49. The van der Waals surface area contributed by atoms with Crippen molar-refractivity contribution < 1.29 is 9.47 Å². The van der Waals surface area contributed by atoms with Gasteiger partial charge in [-0.2, -0.15) is 0 Å². The van der Waals surface area contributed by atoms with Gasteiger partial charge < -0.3 is 9.47 Å². The maximum absolute atomic E-state index is 5.85. The lowest BCUT2D eigenvalue weighted by Gasteiger charge is -2.31. The molecule has 2 nitrogen and oxygen atoms in total. The third-order valence-corrected chi connectivity index (χ3v) is 4.28. The summed E-state index contributed by atoms with van der Waals surface area (Å²) in [5.41, 5.74) is 5.10. The van der Waals surface area contributed by atoms with Crippen LogP contribution in [-0.2, 0) is 14.9 Å².